The van der Waals surface area contributed by atoms with Crippen LogP contribution in [0.4, 0.5) is 8.78 Å². The lowest BCUT2D eigenvalue weighted by atomic mass is 10.0. The lowest BCUT2D eigenvalue weighted by Gasteiger charge is -2.23. The van der Waals surface area contributed by atoms with Crippen molar-refractivity contribution in [2.45, 2.75) is 18.9 Å². The Labute approximate surface area is 165 Å². The molecule has 4 nitrogen and oxygen atoms in total. The van der Waals surface area contributed by atoms with Crippen molar-refractivity contribution in [2.24, 2.45) is 0 Å². The number of amides is 1. The molecule has 0 saturated carbocycles. The molecule has 1 amide bonds. The van der Waals surface area contributed by atoms with Gasteiger partial charge in [-0.3, -0.25) is 9.78 Å². The van der Waals surface area contributed by atoms with Gasteiger partial charge in [-0.05, 0) is 50.2 Å². The smallest absolute Gasteiger partial charge is 0.251 e. The minimum Gasteiger partial charge on any atom is -0.349 e. The van der Waals surface area contributed by atoms with Gasteiger partial charge in [-0.2, -0.15) is 0 Å². The third-order valence-corrected chi connectivity index (χ3v) is 5.26. The summed E-state index contributed by atoms with van der Waals surface area (Å²) in [6, 6.07) is 8.51. The zero-order chi connectivity index (χ0) is 19.7. The van der Waals surface area contributed by atoms with Crippen LogP contribution in [-0.4, -0.2) is 30.0 Å². The van der Waals surface area contributed by atoms with Gasteiger partial charge < -0.3 is 10.6 Å². The summed E-state index contributed by atoms with van der Waals surface area (Å²) in [5.74, 6) is -1.58. The number of halogens is 3. The quantitative estimate of drug-likeness (QED) is 0.687. The average molecular weight is 402 g/mol. The Morgan fingerprint density at radius 1 is 1.11 bits per heavy atom. The highest BCUT2D eigenvalue weighted by molar-refractivity contribution is 6.35. The third kappa shape index (κ3) is 3.70. The number of piperidine rings is 1. The number of nitrogens with zero attached hydrogens (tertiary/aromatic N) is 1. The van der Waals surface area contributed by atoms with E-state index < -0.39 is 11.6 Å². The van der Waals surface area contributed by atoms with Crippen molar-refractivity contribution in [1.82, 2.24) is 15.6 Å². The minimum atomic E-state index is -0.722. The highest BCUT2D eigenvalue weighted by Gasteiger charge is 2.18. The van der Waals surface area contributed by atoms with Crippen molar-refractivity contribution in [3.8, 4) is 11.3 Å². The fourth-order valence-electron chi connectivity index (χ4n) is 3.48. The van der Waals surface area contributed by atoms with Gasteiger partial charge in [0.05, 0.1) is 10.7 Å². The van der Waals surface area contributed by atoms with Crippen molar-refractivity contribution >= 4 is 28.3 Å². The number of rotatable bonds is 3. The van der Waals surface area contributed by atoms with E-state index in [4.69, 9.17) is 11.6 Å². The summed E-state index contributed by atoms with van der Waals surface area (Å²) in [7, 11) is 0. The lowest BCUT2D eigenvalue weighted by Crippen LogP contribution is -2.42. The molecule has 4 rings (SSSR count). The van der Waals surface area contributed by atoms with E-state index in [0.717, 1.165) is 32.0 Å². The van der Waals surface area contributed by atoms with Crippen LogP contribution in [0.2, 0.25) is 5.02 Å². The summed E-state index contributed by atoms with van der Waals surface area (Å²) >= 11 is 6.25. The number of nitrogens with one attached hydrogen (secondary N) is 2. The molecule has 2 N–H and O–H groups in total. The summed E-state index contributed by atoms with van der Waals surface area (Å²) in [6.45, 7) is 1.74. The summed E-state index contributed by atoms with van der Waals surface area (Å²) in [5.41, 5.74) is 0.909. The van der Waals surface area contributed by atoms with E-state index in [9.17, 15) is 13.6 Å². The van der Waals surface area contributed by atoms with Crippen molar-refractivity contribution in [2.75, 3.05) is 13.1 Å². The molecule has 7 heteroatoms. The predicted molar refractivity (Wildman–Crippen MR) is 105 cm³/mol. The molecule has 0 aliphatic carbocycles. The second kappa shape index (κ2) is 7.81. The Morgan fingerprint density at radius 3 is 2.64 bits per heavy atom. The van der Waals surface area contributed by atoms with E-state index in [1.165, 1.54) is 18.3 Å². The van der Waals surface area contributed by atoms with E-state index in [-0.39, 0.29) is 17.5 Å². The van der Waals surface area contributed by atoms with Gasteiger partial charge in [-0.15, -0.1) is 0 Å². The van der Waals surface area contributed by atoms with Gasteiger partial charge in [0.1, 0.15) is 11.6 Å². The van der Waals surface area contributed by atoms with Crippen LogP contribution in [0.15, 0.2) is 42.6 Å². The van der Waals surface area contributed by atoms with E-state index in [2.05, 4.69) is 15.6 Å². The fraction of sp³-hybridized carbons (Fsp3) is 0.238. The molecular weight excluding hydrogens is 384 g/mol. The number of benzene rings is 2. The first kappa shape index (κ1) is 18.8. The van der Waals surface area contributed by atoms with Crippen LogP contribution in [0.5, 0.6) is 0 Å². The molecule has 28 heavy (non-hydrogen) atoms. The molecule has 0 spiro atoms. The lowest BCUT2D eigenvalue weighted by molar-refractivity contribution is 0.0929. The maximum absolute atomic E-state index is 14.3. The summed E-state index contributed by atoms with van der Waals surface area (Å²) < 4.78 is 27.6. The van der Waals surface area contributed by atoms with Gasteiger partial charge in [0.15, 0.2) is 0 Å². The number of aromatic nitrogens is 1. The van der Waals surface area contributed by atoms with E-state index in [0.29, 0.717) is 27.1 Å². The van der Waals surface area contributed by atoms with Crippen LogP contribution < -0.4 is 10.6 Å². The highest BCUT2D eigenvalue weighted by atomic mass is 35.5. The number of hydrogen-bond acceptors (Lipinski definition) is 3. The molecule has 2 heterocycles. The van der Waals surface area contributed by atoms with Crippen molar-refractivity contribution in [3.63, 3.8) is 0 Å². The predicted octanol–water partition coefficient (Wildman–Crippen LogP) is 4.32. The van der Waals surface area contributed by atoms with Crippen LogP contribution in [0, 0.1) is 11.6 Å². The molecule has 1 saturated heterocycles. The molecule has 1 aliphatic rings. The Kier molecular flexibility index (Phi) is 5.24. The van der Waals surface area contributed by atoms with Gasteiger partial charge in [-0.1, -0.05) is 17.7 Å². The van der Waals surface area contributed by atoms with Gasteiger partial charge in [-0.25, -0.2) is 8.78 Å². The zero-order valence-electron chi connectivity index (χ0n) is 14.9. The molecule has 1 aromatic heterocycles. The summed E-state index contributed by atoms with van der Waals surface area (Å²) in [5, 5.41) is 7.87. The number of carbonyl (C=O) groups is 1. The molecule has 144 valence electrons. The zero-order valence-corrected chi connectivity index (χ0v) is 15.7. The number of hydrogen-bond donors (Lipinski definition) is 2. The second-order valence-electron chi connectivity index (χ2n) is 6.84. The first-order chi connectivity index (χ1) is 13.5. The van der Waals surface area contributed by atoms with Crippen LogP contribution in [-0.2, 0) is 0 Å². The molecule has 3 aromatic rings. The van der Waals surface area contributed by atoms with Crippen LogP contribution in [0.3, 0.4) is 0 Å². The summed E-state index contributed by atoms with van der Waals surface area (Å²) in [6.07, 6.45) is 3.17. The van der Waals surface area contributed by atoms with Crippen LogP contribution >= 0.6 is 11.6 Å². The van der Waals surface area contributed by atoms with Crippen LogP contribution in [0.1, 0.15) is 23.2 Å². The first-order valence-electron chi connectivity index (χ1n) is 9.08. The number of carbonyl (C=O) groups excluding carboxylic acids is 1. The van der Waals surface area contributed by atoms with E-state index in [1.54, 1.807) is 18.2 Å². The Hall–Kier alpha value is -2.57. The van der Waals surface area contributed by atoms with Gasteiger partial charge in [0.25, 0.3) is 5.91 Å². The van der Waals surface area contributed by atoms with E-state index >= 15 is 0 Å². The molecule has 1 aliphatic heterocycles. The summed E-state index contributed by atoms with van der Waals surface area (Å²) in [4.78, 5) is 16.9. The Balaban J connectivity index is 1.76. The molecule has 1 fully saturated rings. The largest absolute Gasteiger partial charge is 0.349 e. The molecule has 0 bridgehead atoms. The maximum atomic E-state index is 14.3. The SMILES string of the molecule is O=C(NC1CCNCC1)c1ccc2c(Cl)cnc(-c3ccc(F)cc3F)c2c1. The van der Waals surface area contributed by atoms with Crippen molar-refractivity contribution in [1.29, 1.82) is 0 Å². The van der Waals surface area contributed by atoms with Gasteiger partial charge in [0, 0.05) is 40.2 Å². The maximum Gasteiger partial charge on any atom is 0.251 e. The molecule has 0 atom stereocenters. The topological polar surface area (TPSA) is 54.0 Å². The van der Waals surface area contributed by atoms with E-state index in [1.807, 2.05) is 0 Å². The van der Waals surface area contributed by atoms with Gasteiger partial charge in [0.2, 0.25) is 0 Å². The Morgan fingerprint density at radius 2 is 1.89 bits per heavy atom. The fourth-order valence-corrected chi connectivity index (χ4v) is 3.69. The average Bonchev–Trinajstić information content (AvgIpc) is 2.69. The Bertz CT molecular complexity index is 1050. The van der Waals surface area contributed by atoms with Crippen molar-refractivity contribution in [3.05, 3.63) is 64.8 Å². The minimum absolute atomic E-state index is 0.121. The standard InChI is InChI=1S/C21H18ClF2N3O/c22-18-11-26-20(16-4-2-13(23)10-19(16)24)17-9-12(1-3-15(17)18)21(28)27-14-5-7-25-8-6-14/h1-4,9-11,14,25H,5-8H2,(H,27,28). The second-order valence-corrected chi connectivity index (χ2v) is 7.24. The number of fused-ring (bicyclic) bond motifs is 1. The molecule has 2 aromatic carbocycles. The normalized spacial score (nSPS) is 15.0. The molecular formula is C21H18ClF2N3O. The third-order valence-electron chi connectivity index (χ3n) is 4.96. The van der Waals surface area contributed by atoms with Gasteiger partial charge >= 0.3 is 0 Å². The van der Waals surface area contributed by atoms with Crippen LogP contribution in [0.25, 0.3) is 22.0 Å². The molecule has 0 radical (unpaired) electrons. The first-order valence-corrected chi connectivity index (χ1v) is 9.46. The van der Waals surface area contributed by atoms with Crippen molar-refractivity contribution < 1.29 is 13.6 Å². The number of pyridine rings is 1. The molecule has 0 unspecified atom stereocenters. The monoisotopic (exact) mass is 401 g/mol. The highest BCUT2D eigenvalue weighted by Crippen LogP contribution is 2.33.